The van der Waals surface area contributed by atoms with Gasteiger partial charge in [-0.15, -0.1) is 31.4 Å². The molecule has 1 atom stereocenters. The Labute approximate surface area is 137 Å². The summed E-state index contributed by atoms with van der Waals surface area (Å²) in [6.45, 7) is 7.73. The molecule has 1 aromatic carbocycles. The van der Waals surface area contributed by atoms with E-state index in [-0.39, 0.29) is 30.9 Å². The zero-order valence-corrected chi connectivity index (χ0v) is 13.6. The summed E-state index contributed by atoms with van der Waals surface area (Å²) in [5.74, 6) is 0.310. The Morgan fingerprint density at radius 3 is 2.60 bits per heavy atom. The molecule has 6 heteroatoms. The van der Waals surface area contributed by atoms with E-state index in [1.807, 2.05) is 12.1 Å². The number of benzene rings is 1. The van der Waals surface area contributed by atoms with Crippen LogP contribution in [-0.2, 0) is 0 Å². The Morgan fingerprint density at radius 2 is 2.00 bits per heavy atom. The van der Waals surface area contributed by atoms with E-state index >= 15 is 0 Å². The number of halogens is 3. The largest absolute Gasteiger partial charge is 0.508 e. The highest BCUT2D eigenvalue weighted by Gasteiger charge is 2.23. The Morgan fingerprint density at radius 1 is 1.35 bits per heavy atom. The normalized spacial score (nSPS) is 16.6. The number of hydrogen-bond donors (Lipinski definition) is 2. The first-order chi connectivity index (χ1) is 8.72. The maximum atomic E-state index is 10.0. The molecular weight excluding hydrogens is 319 g/mol. The van der Waals surface area contributed by atoms with Crippen molar-refractivity contribution in [2.45, 2.75) is 12.5 Å². The van der Waals surface area contributed by atoms with Gasteiger partial charge in [0, 0.05) is 42.8 Å². The van der Waals surface area contributed by atoms with E-state index in [1.165, 1.54) is 0 Å². The van der Waals surface area contributed by atoms with Gasteiger partial charge in [-0.1, -0.05) is 17.7 Å². The van der Waals surface area contributed by atoms with E-state index in [9.17, 15) is 5.11 Å². The molecule has 0 unspecified atom stereocenters. The first-order valence-electron chi connectivity index (χ1n) is 6.26. The van der Waals surface area contributed by atoms with Gasteiger partial charge in [-0.3, -0.25) is 4.90 Å². The molecule has 0 amide bonds. The maximum absolute atomic E-state index is 10.0. The van der Waals surface area contributed by atoms with Gasteiger partial charge in [-0.2, -0.15) is 0 Å². The van der Waals surface area contributed by atoms with Crippen molar-refractivity contribution in [3.8, 4) is 5.75 Å². The summed E-state index contributed by atoms with van der Waals surface area (Å²) in [7, 11) is 0. The average Bonchev–Trinajstić information content (AvgIpc) is 2.40. The van der Waals surface area contributed by atoms with E-state index in [2.05, 4.69) is 16.8 Å². The third kappa shape index (κ3) is 4.83. The van der Waals surface area contributed by atoms with Gasteiger partial charge < -0.3 is 10.4 Å². The summed E-state index contributed by atoms with van der Waals surface area (Å²) in [4.78, 5) is 2.36. The minimum absolute atomic E-state index is 0. The molecule has 0 bridgehead atoms. The molecule has 2 N–H and O–H groups in total. The molecule has 1 aromatic rings. The van der Waals surface area contributed by atoms with Gasteiger partial charge in [0.1, 0.15) is 5.75 Å². The van der Waals surface area contributed by atoms with Gasteiger partial charge >= 0.3 is 0 Å². The molecule has 0 aromatic heterocycles. The standard InChI is InChI=1S/C14H19ClN2O.2ClH/c1-2-3-13(17-8-6-16-7-9-17)12-10-11(15)4-5-14(12)18;;/h2,4-5,10,13,16,18H,1,3,6-9H2;2*1H/t13-;;/m1../s1. The van der Waals surface area contributed by atoms with E-state index in [0.717, 1.165) is 38.2 Å². The first-order valence-corrected chi connectivity index (χ1v) is 6.64. The zero-order chi connectivity index (χ0) is 13.0. The predicted octanol–water partition coefficient (Wildman–Crippen LogP) is 3.41. The van der Waals surface area contributed by atoms with E-state index in [1.54, 1.807) is 12.1 Å². The van der Waals surface area contributed by atoms with Gasteiger partial charge in [0.2, 0.25) is 0 Å². The number of phenols is 1. The second-order valence-electron chi connectivity index (χ2n) is 4.53. The van der Waals surface area contributed by atoms with Crippen LogP contribution in [0.5, 0.6) is 5.75 Å². The second-order valence-corrected chi connectivity index (χ2v) is 4.97. The number of hydrogen-bond acceptors (Lipinski definition) is 3. The fourth-order valence-electron chi connectivity index (χ4n) is 2.42. The second kappa shape index (κ2) is 9.48. The molecule has 1 heterocycles. The molecule has 0 aliphatic carbocycles. The van der Waals surface area contributed by atoms with Crippen molar-refractivity contribution in [1.29, 1.82) is 0 Å². The van der Waals surface area contributed by atoms with Gasteiger partial charge in [0.25, 0.3) is 0 Å². The highest BCUT2D eigenvalue weighted by atomic mass is 35.5. The lowest BCUT2D eigenvalue weighted by atomic mass is 10.00. The Balaban J connectivity index is 0.00000180. The molecule has 1 aliphatic heterocycles. The van der Waals surface area contributed by atoms with Gasteiger partial charge in [0.05, 0.1) is 0 Å². The molecule has 1 fully saturated rings. The van der Waals surface area contributed by atoms with E-state index < -0.39 is 0 Å². The van der Waals surface area contributed by atoms with Crippen LogP contribution in [0.15, 0.2) is 30.9 Å². The lowest BCUT2D eigenvalue weighted by molar-refractivity contribution is 0.172. The van der Waals surface area contributed by atoms with Crippen LogP contribution in [0.4, 0.5) is 0 Å². The topological polar surface area (TPSA) is 35.5 Å². The van der Waals surface area contributed by atoms with Crippen LogP contribution in [0.2, 0.25) is 5.02 Å². The molecule has 20 heavy (non-hydrogen) atoms. The lowest BCUT2D eigenvalue weighted by Crippen LogP contribution is -2.45. The summed E-state index contributed by atoms with van der Waals surface area (Å²) in [5, 5.41) is 14.0. The van der Waals surface area contributed by atoms with Crippen molar-refractivity contribution in [1.82, 2.24) is 10.2 Å². The fourth-order valence-corrected chi connectivity index (χ4v) is 2.60. The molecule has 114 valence electrons. The minimum Gasteiger partial charge on any atom is -0.508 e. The van der Waals surface area contributed by atoms with Gasteiger partial charge in [0.15, 0.2) is 0 Å². The number of rotatable bonds is 4. The van der Waals surface area contributed by atoms with Crippen LogP contribution in [0, 0.1) is 0 Å². The quantitative estimate of drug-likeness (QED) is 0.825. The summed E-state index contributed by atoms with van der Waals surface area (Å²) < 4.78 is 0. The average molecular weight is 340 g/mol. The highest BCUT2D eigenvalue weighted by molar-refractivity contribution is 6.30. The van der Waals surface area contributed by atoms with Crippen molar-refractivity contribution in [2.24, 2.45) is 0 Å². The van der Waals surface area contributed by atoms with Crippen LogP contribution in [0.25, 0.3) is 0 Å². The summed E-state index contributed by atoms with van der Waals surface area (Å²) >= 11 is 6.03. The molecule has 2 rings (SSSR count). The Kier molecular flexibility index (Phi) is 9.27. The highest BCUT2D eigenvalue weighted by Crippen LogP contribution is 2.33. The van der Waals surface area contributed by atoms with Crippen molar-refractivity contribution in [2.75, 3.05) is 26.2 Å². The fraction of sp³-hybridized carbons (Fsp3) is 0.429. The monoisotopic (exact) mass is 338 g/mol. The smallest absolute Gasteiger partial charge is 0.120 e. The summed E-state index contributed by atoms with van der Waals surface area (Å²) in [6, 6.07) is 5.38. The number of piperazine rings is 1. The Hall–Kier alpha value is -0.450. The van der Waals surface area contributed by atoms with Gasteiger partial charge in [-0.05, 0) is 24.6 Å². The number of nitrogens with zero attached hydrogens (tertiary/aromatic N) is 1. The lowest BCUT2D eigenvalue weighted by Gasteiger charge is -2.35. The number of phenolic OH excluding ortho intramolecular Hbond substituents is 1. The van der Waals surface area contributed by atoms with Gasteiger partial charge in [-0.25, -0.2) is 0 Å². The van der Waals surface area contributed by atoms with Crippen molar-refractivity contribution >= 4 is 36.4 Å². The number of aromatic hydroxyl groups is 1. The molecule has 0 radical (unpaired) electrons. The first kappa shape index (κ1) is 19.6. The minimum atomic E-state index is 0. The van der Waals surface area contributed by atoms with E-state index in [0.29, 0.717) is 10.8 Å². The zero-order valence-electron chi connectivity index (χ0n) is 11.2. The van der Waals surface area contributed by atoms with Crippen LogP contribution >= 0.6 is 36.4 Å². The van der Waals surface area contributed by atoms with Crippen LogP contribution in [-0.4, -0.2) is 36.2 Å². The molecular formula is C14H21Cl3N2O. The van der Waals surface area contributed by atoms with Crippen LogP contribution in [0.3, 0.4) is 0 Å². The summed E-state index contributed by atoms with van der Waals surface area (Å²) in [5.41, 5.74) is 0.893. The molecule has 0 spiro atoms. The molecule has 0 saturated carbocycles. The number of nitrogens with one attached hydrogen (secondary N) is 1. The third-order valence-corrected chi connectivity index (χ3v) is 3.57. The predicted molar refractivity (Wildman–Crippen MR) is 89.6 cm³/mol. The maximum Gasteiger partial charge on any atom is 0.120 e. The Bertz CT molecular complexity index is 423. The third-order valence-electron chi connectivity index (χ3n) is 3.33. The van der Waals surface area contributed by atoms with Crippen LogP contribution < -0.4 is 5.32 Å². The SMILES string of the molecule is C=CC[C@H](c1cc(Cl)ccc1O)N1CCNCC1.Cl.Cl. The van der Waals surface area contributed by atoms with Crippen LogP contribution in [0.1, 0.15) is 18.0 Å². The summed E-state index contributed by atoms with van der Waals surface area (Å²) in [6.07, 6.45) is 2.71. The molecule has 3 nitrogen and oxygen atoms in total. The van der Waals surface area contributed by atoms with Crippen molar-refractivity contribution < 1.29 is 5.11 Å². The van der Waals surface area contributed by atoms with Crippen molar-refractivity contribution in [3.63, 3.8) is 0 Å². The molecule has 1 saturated heterocycles. The van der Waals surface area contributed by atoms with E-state index in [4.69, 9.17) is 11.6 Å². The van der Waals surface area contributed by atoms with Crippen molar-refractivity contribution in [3.05, 3.63) is 41.4 Å². The molecule has 1 aliphatic rings.